The van der Waals surface area contributed by atoms with Gasteiger partial charge in [0.2, 0.25) is 0 Å². The third kappa shape index (κ3) is 11.2. The van der Waals surface area contributed by atoms with Gasteiger partial charge in [0.25, 0.3) is 5.91 Å². The molecule has 0 radical (unpaired) electrons. The van der Waals surface area contributed by atoms with Crippen molar-refractivity contribution in [1.29, 1.82) is 0 Å². The van der Waals surface area contributed by atoms with Gasteiger partial charge in [-0.05, 0) is 6.42 Å². The first-order valence-corrected chi connectivity index (χ1v) is 6.54. The molecule has 0 atom stereocenters. The minimum atomic E-state index is -2.58. The Hall–Kier alpha value is -0.710. The van der Waals surface area contributed by atoms with Gasteiger partial charge < -0.3 is 0 Å². The molecular formula is C10H19NO3S. The second-order valence-corrected chi connectivity index (χ2v) is 4.19. The van der Waals surface area contributed by atoms with E-state index in [1.165, 1.54) is 25.7 Å². The molecule has 1 amide bonds. The van der Waals surface area contributed by atoms with E-state index in [2.05, 4.69) is 11.3 Å². The van der Waals surface area contributed by atoms with Crippen LogP contribution in [0.4, 0.5) is 0 Å². The van der Waals surface area contributed by atoms with Gasteiger partial charge in [0.15, 0.2) is 0 Å². The van der Waals surface area contributed by atoms with Crippen molar-refractivity contribution in [2.45, 2.75) is 58.3 Å². The van der Waals surface area contributed by atoms with E-state index in [1.807, 2.05) is 0 Å². The lowest BCUT2D eigenvalue weighted by Gasteiger charge is -1.98. The molecule has 88 valence electrons. The Labute approximate surface area is 92.8 Å². The zero-order valence-electron chi connectivity index (χ0n) is 9.24. The third-order valence-corrected chi connectivity index (χ3v) is 2.52. The van der Waals surface area contributed by atoms with E-state index in [1.54, 1.807) is 0 Å². The molecule has 0 aromatic heterocycles. The summed E-state index contributed by atoms with van der Waals surface area (Å²) < 4.78 is 23.0. The fourth-order valence-electron chi connectivity index (χ4n) is 1.36. The van der Waals surface area contributed by atoms with E-state index in [0.29, 0.717) is 0 Å². The molecule has 0 heterocycles. The summed E-state index contributed by atoms with van der Waals surface area (Å²) in [6, 6.07) is 0. The molecule has 0 saturated heterocycles. The predicted molar refractivity (Wildman–Crippen MR) is 59.0 cm³/mol. The fraction of sp³-hybridized carbons (Fsp3) is 0.900. The number of hydrogen-bond acceptors (Lipinski definition) is 3. The Morgan fingerprint density at radius 1 is 1.00 bits per heavy atom. The smallest absolute Gasteiger partial charge is 0.271 e. The normalized spacial score (nSPS) is 9.93. The lowest BCUT2D eigenvalue weighted by Crippen LogP contribution is -1.92. The van der Waals surface area contributed by atoms with Gasteiger partial charge in [0.05, 0.1) is 0 Å². The minimum absolute atomic E-state index is 0.252. The molecule has 0 saturated carbocycles. The van der Waals surface area contributed by atoms with Crippen LogP contribution in [0.3, 0.4) is 0 Å². The molecule has 0 bridgehead atoms. The highest BCUT2D eigenvalue weighted by molar-refractivity contribution is 7.62. The van der Waals surface area contributed by atoms with Crippen molar-refractivity contribution in [2.24, 2.45) is 4.36 Å². The van der Waals surface area contributed by atoms with Crippen LogP contribution in [0.25, 0.3) is 0 Å². The molecular weight excluding hydrogens is 214 g/mol. The molecule has 0 N–H and O–H groups in total. The topological polar surface area (TPSA) is 63.6 Å². The molecule has 0 aliphatic rings. The van der Waals surface area contributed by atoms with Crippen molar-refractivity contribution in [3.63, 3.8) is 0 Å². The fourth-order valence-corrected chi connectivity index (χ4v) is 1.62. The van der Waals surface area contributed by atoms with E-state index >= 15 is 0 Å². The Balaban J connectivity index is 3.31. The molecule has 0 aliphatic carbocycles. The Kier molecular flexibility index (Phi) is 9.36. The maximum Gasteiger partial charge on any atom is 0.319 e. The van der Waals surface area contributed by atoms with Gasteiger partial charge in [-0.3, -0.25) is 4.79 Å². The summed E-state index contributed by atoms with van der Waals surface area (Å²) in [4.78, 5) is 10.8. The highest BCUT2D eigenvalue weighted by Crippen LogP contribution is 2.08. The zero-order chi connectivity index (χ0) is 11.5. The molecule has 0 aliphatic heterocycles. The summed E-state index contributed by atoms with van der Waals surface area (Å²) in [5.74, 6) is -0.531. The van der Waals surface area contributed by atoms with E-state index in [0.717, 1.165) is 19.3 Å². The lowest BCUT2D eigenvalue weighted by molar-refractivity contribution is -0.117. The highest BCUT2D eigenvalue weighted by atomic mass is 32.2. The molecule has 0 spiro atoms. The van der Waals surface area contributed by atoms with Crippen LogP contribution in [0.5, 0.6) is 0 Å². The summed E-state index contributed by atoms with van der Waals surface area (Å²) in [6.07, 6.45) is 8.04. The van der Waals surface area contributed by atoms with Gasteiger partial charge in [-0.1, -0.05) is 49.8 Å². The number of rotatable bonds is 8. The maximum atomic E-state index is 10.8. The second kappa shape index (κ2) is 9.83. The van der Waals surface area contributed by atoms with Crippen LogP contribution in [0.1, 0.15) is 58.3 Å². The minimum Gasteiger partial charge on any atom is -0.271 e. The monoisotopic (exact) mass is 233 g/mol. The van der Waals surface area contributed by atoms with Crippen LogP contribution in [-0.2, 0) is 15.3 Å². The first-order valence-electron chi connectivity index (χ1n) is 5.50. The Morgan fingerprint density at radius 2 is 1.53 bits per heavy atom. The van der Waals surface area contributed by atoms with E-state index in [4.69, 9.17) is 0 Å². The van der Waals surface area contributed by atoms with Gasteiger partial charge in [-0.2, -0.15) is 8.42 Å². The third-order valence-electron chi connectivity index (χ3n) is 2.17. The van der Waals surface area contributed by atoms with Crippen molar-refractivity contribution < 1.29 is 13.2 Å². The van der Waals surface area contributed by atoms with Crippen molar-refractivity contribution in [1.82, 2.24) is 0 Å². The maximum absolute atomic E-state index is 10.8. The summed E-state index contributed by atoms with van der Waals surface area (Å²) >= 11 is 0. The zero-order valence-corrected chi connectivity index (χ0v) is 10.1. The Morgan fingerprint density at radius 3 is 2.07 bits per heavy atom. The van der Waals surface area contributed by atoms with Crippen molar-refractivity contribution in [2.75, 3.05) is 0 Å². The largest absolute Gasteiger partial charge is 0.319 e. The van der Waals surface area contributed by atoms with Crippen LogP contribution in [0.2, 0.25) is 0 Å². The number of amides is 1. The van der Waals surface area contributed by atoms with Gasteiger partial charge in [-0.25, -0.2) is 0 Å². The van der Waals surface area contributed by atoms with Gasteiger partial charge in [-0.15, -0.1) is 0 Å². The lowest BCUT2D eigenvalue weighted by atomic mass is 10.1. The summed E-state index contributed by atoms with van der Waals surface area (Å²) in [5.41, 5.74) is 0. The van der Waals surface area contributed by atoms with Crippen LogP contribution in [0.15, 0.2) is 4.36 Å². The van der Waals surface area contributed by atoms with Crippen molar-refractivity contribution in [3.8, 4) is 0 Å². The average molecular weight is 233 g/mol. The highest BCUT2D eigenvalue weighted by Gasteiger charge is 1.99. The molecule has 4 nitrogen and oxygen atoms in total. The number of nitrogens with zero attached hydrogens (tertiary/aromatic N) is 1. The van der Waals surface area contributed by atoms with E-state index in [9.17, 15) is 13.2 Å². The molecule has 0 unspecified atom stereocenters. The first-order chi connectivity index (χ1) is 7.16. The van der Waals surface area contributed by atoms with E-state index in [-0.39, 0.29) is 6.42 Å². The summed E-state index contributed by atoms with van der Waals surface area (Å²) in [6.45, 7) is 2.17. The standard InChI is InChI=1S/C10H19NO3S/c1-2-3-4-5-6-7-8-9-10(12)11-15(13)14/h2-9H2,1H3. The quantitative estimate of drug-likeness (QED) is 0.605. The second-order valence-electron chi connectivity index (χ2n) is 3.57. The molecule has 0 rings (SSSR count). The van der Waals surface area contributed by atoms with E-state index < -0.39 is 16.4 Å². The predicted octanol–water partition coefficient (Wildman–Crippen LogP) is 2.72. The number of unbranched alkanes of at least 4 members (excludes halogenated alkanes) is 6. The summed E-state index contributed by atoms with van der Waals surface area (Å²) in [5, 5.41) is 0. The van der Waals surface area contributed by atoms with Gasteiger partial charge in [0, 0.05) is 6.42 Å². The van der Waals surface area contributed by atoms with Gasteiger partial charge >= 0.3 is 10.5 Å². The van der Waals surface area contributed by atoms with Crippen LogP contribution < -0.4 is 0 Å². The molecule has 15 heavy (non-hydrogen) atoms. The molecule has 5 heteroatoms. The van der Waals surface area contributed by atoms with Crippen LogP contribution in [0, 0.1) is 0 Å². The van der Waals surface area contributed by atoms with Crippen LogP contribution >= 0.6 is 0 Å². The SMILES string of the molecule is CCCCCCCCCC(=O)N=S(=O)=O. The number of carbonyl (C=O) groups excluding carboxylic acids is 1. The Bertz CT molecular complexity index is 288. The molecule has 0 fully saturated rings. The van der Waals surface area contributed by atoms with Crippen molar-refractivity contribution in [3.05, 3.63) is 0 Å². The number of hydrogen-bond donors (Lipinski definition) is 0. The van der Waals surface area contributed by atoms with Gasteiger partial charge in [0.1, 0.15) is 0 Å². The first kappa shape index (κ1) is 14.3. The van der Waals surface area contributed by atoms with Crippen LogP contribution in [-0.4, -0.2) is 14.3 Å². The van der Waals surface area contributed by atoms with Crippen molar-refractivity contribution >= 4 is 16.4 Å². The molecule has 0 aromatic carbocycles. The average Bonchev–Trinajstić information content (AvgIpc) is 2.15. The summed E-state index contributed by atoms with van der Waals surface area (Å²) in [7, 11) is -2.58. The number of carbonyl (C=O) groups is 1. The molecule has 0 aromatic rings.